The highest BCUT2D eigenvalue weighted by molar-refractivity contribution is 6.33. The number of rotatable bonds is 4. The highest BCUT2D eigenvalue weighted by Gasteiger charge is 2.17. The maximum absolute atomic E-state index is 11.7. The molecule has 4 nitrogen and oxygen atoms in total. The van der Waals surface area contributed by atoms with Crippen LogP contribution in [0.25, 0.3) is 0 Å². The average molecular weight is 238 g/mol. The topological polar surface area (TPSA) is 65.8 Å². The fourth-order valence-electron chi connectivity index (χ4n) is 1.22. The summed E-state index contributed by atoms with van der Waals surface area (Å²) in [5, 5.41) is 11.7. The maximum Gasteiger partial charge on any atom is 0.242 e. The summed E-state index contributed by atoms with van der Waals surface area (Å²) in [6.45, 7) is 1.92. The Morgan fingerprint density at radius 1 is 1.75 bits per heavy atom. The summed E-state index contributed by atoms with van der Waals surface area (Å²) >= 11 is 5.83. The molecule has 1 heterocycles. The molecule has 5 heteroatoms. The van der Waals surface area contributed by atoms with Crippen molar-refractivity contribution < 1.29 is 4.79 Å². The molecular weight excluding hydrogens is 226 g/mol. The summed E-state index contributed by atoms with van der Waals surface area (Å²) in [6.07, 6.45) is 2.84. The summed E-state index contributed by atoms with van der Waals surface area (Å²) < 4.78 is 0. The first kappa shape index (κ1) is 12.5. The number of carbonyl (C=O) groups is 1. The van der Waals surface area contributed by atoms with Crippen LogP contribution in [0, 0.1) is 17.2 Å². The molecule has 84 valence electrons. The molecule has 1 rings (SSSR count). The molecule has 0 fully saturated rings. The zero-order valence-electron chi connectivity index (χ0n) is 8.90. The van der Waals surface area contributed by atoms with E-state index in [1.54, 1.807) is 12.1 Å². The van der Waals surface area contributed by atoms with Crippen LogP contribution in [0.2, 0.25) is 5.02 Å². The molecule has 1 N–H and O–H groups in total. The van der Waals surface area contributed by atoms with Crippen molar-refractivity contribution in [2.75, 3.05) is 5.32 Å². The Labute approximate surface area is 99.2 Å². The van der Waals surface area contributed by atoms with Gasteiger partial charge in [-0.05, 0) is 18.6 Å². The lowest BCUT2D eigenvalue weighted by atomic mass is 10.1. The number of nitriles is 1. The number of hydrogen-bond acceptors (Lipinski definition) is 3. The lowest BCUT2D eigenvalue weighted by Gasteiger charge is -2.09. The van der Waals surface area contributed by atoms with E-state index >= 15 is 0 Å². The first-order chi connectivity index (χ1) is 7.69. The van der Waals surface area contributed by atoms with Crippen LogP contribution < -0.4 is 5.32 Å². The molecule has 1 atom stereocenters. The third-order valence-corrected chi connectivity index (χ3v) is 2.35. The second kappa shape index (κ2) is 6.09. The van der Waals surface area contributed by atoms with Crippen LogP contribution in [0.5, 0.6) is 0 Å². The van der Waals surface area contributed by atoms with Gasteiger partial charge in [0.1, 0.15) is 5.92 Å². The van der Waals surface area contributed by atoms with Crippen molar-refractivity contribution in [2.24, 2.45) is 5.92 Å². The van der Waals surface area contributed by atoms with Crippen LogP contribution in [0.1, 0.15) is 19.8 Å². The summed E-state index contributed by atoms with van der Waals surface area (Å²) in [5.41, 5.74) is 0. The molecule has 0 aromatic carbocycles. The number of nitrogens with zero attached hydrogens (tertiary/aromatic N) is 2. The molecule has 0 aliphatic heterocycles. The second-order valence-corrected chi connectivity index (χ2v) is 3.70. The van der Waals surface area contributed by atoms with Gasteiger partial charge in [0.15, 0.2) is 5.82 Å². The van der Waals surface area contributed by atoms with Gasteiger partial charge in [-0.15, -0.1) is 0 Å². The fourth-order valence-corrected chi connectivity index (χ4v) is 1.39. The first-order valence-corrected chi connectivity index (χ1v) is 5.37. The summed E-state index contributed by atoms with van der Waals surface area (Å²) in [5.74, 6) is -0.710. The van der Waals surface area contributed by atoms with Crippen molar-refractivity contribution >= 4 is 23.3 Å². The Morgan fingerprint density at radius 2 is 2.50 bits per heavy atom. The van der Waals surface area contributed by atoms with Crippen LogP contribution in [0.4, 0.5) is 5.82 Å². The average Bonchev–Trinajstić information content (AvgIpc) is 2.29. The van der Waals surface area contributed by atoms with Gasteiger partial charge in [0.05, 0.1) is 11.1 Å². The largest absolute Gasteiger partial charge is 0.308 e. The van der Waals surface area contributed by atoms with Crippen molar-refractivity contribution in [3.63, 3.8) is 0 Å². The molecule has 0 aliphatic carbocycles. The van der Waals surface area contributed by atoms with E-state index in [0.29, 0.717) is 17.3 Å². The molecule has 0 saturated carbocycles. The minimum absolute atomic E-state index is 0.297. The number of aromatic nitrogens is 1. The fraction of sp³-hybridized carbons (Fsp3) is 0.364. The van der Waals surface area contributed by atoms with E-state index < -0.39 is 5.92 Å². The van der Waals surface area contributed by atoms with Crippen LogP contribution in [0.15, 0.2) is 18.3 Å². The Kier molecular flexibility index (Phi) is 4.74. The lowest BCUT2D eigenvalue weighted by molar-refractivity contribution is -0.118. The Hall–Kier alpha value is -1.60. The Balaban J connectivity index is 2.71. The number of nitrogens with one attached hydrogen (secondary N) is 1. The second-order valence-electron chi connectivity index (χ2n) is 3.29. The van der Waals surface area contributed by atoms with E-state index in [1.807, 2.05) is 13.0 Å². The van der Waals surface area contributed by atoms with Gasteiger partial charge in [0, 0.05) is 6.20 Å². The molecule has 1 aromatic rings. The van der Waals surface area contributed by atoms with Crippen molar-refractivity contribution in [3.8, 4) is 6.07 Å². The van der Waals surface area contributed by atoms with E-state index in [-0.39, 0.29) is 5.91 Å². The number of anilines is 1. The van der Waals surface area contributed by atoms with Gasteiger partial charge in [-0.1, -0.05) is 24.9 Å². The summed E-state index contributed by atoms with van der Waals surface area (Å²) in [6, 6.07) is 5.26. The molecular formula is C11H12ClN3O. The van der Waals surface area contributed by atoms with Crippen molar-refractivity contribution in [2.45, 2.75) is 19.8 Å². The SMILES string of the molecule is CCCC(C#N)C(=O)Nc1ncccc1Cl. The van der Waals surface area contributed by atoms with Crippen molar-refractivity contribution in [1.82, 2.24) is 4.98 Å². The van der Waals surface area contributed by atoms with Gasteiger partial charge in [-0.3, -0.25) is 4.79 Å². The minimum atomic E-state index is -0.650. The standard InChI is InChI=1S/C11H12ClN3O/c1-2-4-8(7-13)11(16)15-10-9(12)5-3-6-14-10/h3,5-6,8H,2,4H2,1H3,(H,14,15,16). The number of halogens is 1. The maximum atomic E-state index is 11.7. The van der Waals surface area contributed by atoms with Gasteiger partial charge >= 0.3 is 0 Å². The molecule has 0 aliphatic rings. The van der Waals surface area contributed by atoms with Gasteiger partial charge in [0.25, 0.3) is 0 Å². The normalized spacial score (nSPS) is 11.6. The minimum Gasteiger partial charge on any atom is -0.308 e. The highest BCUT2D eigenvalue weighted by atomic mass is 35.5. The summed E-state index contributed by atoms with van der Waals surface area (Å²) in [7, 11) is 0. The predicted octanol–water partition coefficient (Wildman–Crippen LogP) is 2.61. The Bertz CT molecular complexity index is 414. The van der Waals surface area contributed by atoms with E-state index in [9.17, 15) is 4.79 Å². The number of pyridine rings is 1. The van der Waals surface area contributed by atoms with Crippen molar-refractivity contribution in [3.05, 3.63) is 23.4 Å². The number of carbonyl (C=O) groups excluding carboxylic acids is 1. The van der Waals surface area contributed by atoms with Gasteiger partial charge < -0.3 is 5.32 Å². The summed E-state index contributed by atoms with van der Waals surface area (Å²) in [4.78, 5) is 15.6. The van der Waals surface area contributed by atoms with E-state index in [2.05, 4.69) is 10.3 Å². The van der Waals surface area contributed by atoms with Gasteiger partial charge in [-0.25, -0.2) is 4.98 Å². The van der Waals surface area contributed by atoms with Crippen LogP contribution in [-0.2, 0) is 4.79 Å². The predicted molar refractivity (Wildman–Crippen MR) is 61.9 cm³/mol. The smallest absolute Gasteiger partial charge is 0.242 e. The molecule has 0 saturated heterocycles. The number of amides is 1. The lowest BCUT2D eigenvalue weighted by Crippen LogP contribution is -2.22. The third kappa shape index (κ3) is 3.21. The number of hydrogen-bond donors (Lipinski definition) is 1. The molecule has 0 bridgehead atoms. The Morgan fingerprint density at radius 3 is 3.06 bits per heavy atom. The highest BCUT2D eigenvalue weighted by Crippen LogP contribution is 2.18. The van der Waals surface area contributed by atoms with Crippen LogP contribution in [0.3, 0.4) is 0 Å². The van der Waals surface area contributed by atoms with Crippen molar-refractivity contribution in [1.29, 1.82) is 5.26 Å². The van der Waals surface area contributed by atoms with Crippen LogP contribution >= 0.6 is 11.6 Å². The van der Waals surface area contributed by atoms with E-state index in [4.69, 9.17) is 16.9 Å². The van der Waals surface area contributed by atoms with E-state index in [0.717, 1.165) is 6.42 Å². The third-order valence-electron chi connectivity index (χ3n) is 2.05. The van der Waals surface area contributed by atoms with Gasteiger partial charge in [-0.2, -0.15) is 5.26 Å². The molecule has 0 radical (unpaired) electrons. The molecule has 16 heavy (non-hydrogen) atoms. The first-order valence-electron chi connectivity index (χ1n) is 5.00. The molecule has 1 amide bonds. The molecule has 1 aromatic heterocycles. The zero-order valence-corrected chi connectivity index (χ0v) is 9.66. The van der Waals surface area contributed by atoms with Gasteiger partial charge in [0.2, 0.25) is 5.91 Å². The quantitative estimate of drug-likeness (QED) is 0.875. The molecule has 1 unspecified atom stereocenters. The van der Waals surface area contributed by atoms with E-state index in [1.165, 1.54) is 6.20 Å². The monoisotopic (exact) mass is 237 g/mol. The molecule has 0 spiro atoms. The zero-order chi connectivity index (χ0) is 12.0. The van der Waals surface area contributed by atoms with Crippen LogP contribution in [-0.4, -0.2) is 10.9 Å².